The van der Waals surface area contributed by atoms with Gasteiger partial charge in [0.15, 0.2) is 11.5 Å². The Balaban J connectivity index is 2.34. The smallest absolute Gasteiger partial charge is 0.179 e. The molecular weight excluding hydrogens is 252 g/mol. The Kier molecular flexibility index (Phi) is 3.57. The molecule has 0 amide bonds. The SMILES string of the molecule is Cc1cc(Cn2c(C)cc(C(=O)CCl)c2C)on1. The highest BCUT2D eigenvalue weighted by Gasteiger charge is 2.15. The van der Waals surface area contributed by atoms with Crippen molar-refractivity contribution in [2.24, 2.45) is 0 Å². The number of hydrogen-bond donors (Lipinski definition) is 0. The fourth-order valence-corrected chi connectivity index (χ4v) is 2.19. The minimum atomic E-state index is -0.0511. The van der Waals surface area contributed by atoms with Gasteiger partial charge in [0.1, 0.15) is 0 Å². The summed E-state index contributed by atoms with van der Waals surface area (Å²) in [7, 11) is 0. The highest BCUT2D eigenvalue weighted by molar-refractivity contribution is 6.30. The van der Waals surface area contributed by atoms with Crippen molar-refractivity contribution < 1.29 is 9.32 Å². The summed E-state index contributed by atoms with van der Waals surface area (Å²) in [5, 5.41) is 3.85. The fraction of sp³-hybridized carbons (Fsp3) is 0.385. The lowest BCUT2D eigenvalue weighted by Crippen LogP contribution is -2.06. The summed E-state index contributed by atoms with van der Waals surface area (Å²) in [6, 6.07) is 3.76. The molecule has 2 heterocycles. The van der Waals surface area contributed by atoms with Gasteiger partial charge in [-0.15, -0.1) is 11.6 Å². The predicted octanol–water partition coefficient (Wildman–Crippen LogP) is 2.87. The van der Waals surface area contributed by atoms with Gasteiger partial charge in [-0.05, 0) is 26.8 Å². The zero-order chi connectivity index (χ0) is 13.3. The van der Waals surface area contributed by atoms with Gasteiger partial charge in [-0.2, -0.15) is 0 Å². The zero-order valence-electron chi connectivity index (χ0n) is 10.7. The minimum absolute atomic E-state index is 0.00566. The summed E-state index contributed by atoms with van der Waals surface area (Å²) in [5.74, 6) is 0.732. The zero-order valence-corrected chi connectivity index (χ0v) is 11.4. The number of alkyl halides is 1. The highest BCUT2D eigenvalue weighted by atomic mass is 35.5. The molecule has 0 aliphatic heterocycles. The van der Waals surface area contributed by atoms with Gasteiger partial charge in [-0.25, -0.2) is 0 Å². The second kappa shape index (κ2) is 4.98. The van der Waals surface area contributed by atoms with E-state index in [9.17, 15) is 4.79 Å². The second-order valence-electron chi connectivity index (χ2n) is 4.36. The van der Waals surface area contributed by atoms with Crippen LogP contribution in [-0.2, 0) is 6.54 Å². The molecule has 0 fully saturated rings. The molecule has 18 heavy (non-hydrogen) atoms. The molecule has 0 saturated carbocycles. The largest absolute Gasteiger partial charge is 0.359 e. The van der Waals surface area contributed by atoms with Crippen LogP contribution in [0.3, 0.4) is 0 Å². The number of halogens is 1. The van der Waals surface area contributed by atoms with E-state index in [1.165, 1.54) is 0 Å². The van der Waals surface area contributed by atoms with Gasteiger partial charge in [0.25, 0.3) is 0 Å². The van der Waals surface area contributed by atoms with Crippen molar-refractivity contribution in [1.29, 1.82) is 0 Å². The number of ketones is 1. The number of carbonyl (C=O) groups is 1. The highest BCUT2D eigenvalue weighted by Crippen LogP contribution is 2.18. The molecule has 2 aromatic heterocycles. The van der Waals surface area contributed by atoms with Crippen LogP contribution in [0.1, 0.15) is 33.2 Å². The average Bonchev–Trinajstić information content (AvgIpc) is 2.87. The van der Waals surface area contributed by atoms with Crippen LogP contribution in [0, 0.1) is 20.8 Å². The minimum Gasteiger partial charge on any atom is -0.359 e. The van der Waals surface area contributed by atoms with Crippen molar-refractivity contribution in [1.82, 2.24) is 9.72 Å². The van der Waals surface area contributed by atoms with Crippen molar-refractivity contribution in [3.05, 3.63) is 40.5 Å². The van der Waals surface area contributed by atoms with Crippen molar-refractivity contribution in [2.45, 2.75) is 27.3 Å². The molecule has 0 saturated heterocycles. The van der Waals surface area contributed by atoms with Crippen molar-refractivity contribution in [3.63, 3.8) is 0 Å². The number of aromatic nitrogens is 2. The first kappa shape index (κ1) is 12.9. The van der Waals surface area contributed by atoms with E-state index >= 15 is 0 Å². The van der Waals surface area contributed by atoms with Gasteiger partial charge in [0.05, 0.1) is 18.1 Å². The summed E-state index contributed by atoms with van der Waals surface area (Å²) >= 11 is 5.60. The van der Waals surface area contributed by atoms with E-state index in [4.69, 9.17) is 16.1 Å². The molecule has 0 atom stereocenters. The molecule has 0 N–H and O–H groups in total. The number of rotatable bonds is 4. The van der Waals surface area contributed by atoms with Gasteiger partial charge < -0.3 is 9.09 Å². The number of carbonyl (C=O) groups excluding carboxylic acids is 1. The lowest BCUT2D eigenvalue weighted by molar-refractivity contribution is 0.102. The third-order valence-electron chi connectivity index (χ3n) is 2.99. The van der Waals surface area contributed by atoms with Crippen LogP contribution in [-0.4, -0.2) is 21.4 Å². The second-order valence-corrected chi connectivity index (χ2v) is 4.63. The van der Waals surface area contributed by atoms with Crippen molar-refractivity contribution in [2.75, 3.05) is 5.88 Å². The van der Waals surface area contributed by atoms with E-state index in [0.29, 0.717) is 12.1 Å². The van der Waals surface area contributed by atoms with Gasteiger partial charge >= 0.3 is 0 Å². The monoisotopic (exact) mass is 266 g/mol. The van der Waals surface area contributed by atoms with E-state index < -0.39 is 0 Å². The van der Waals surface area contributed by atoms with Gasteiger partial charge in [-0.3, -0.25) is 4.79 Å². The first-order valence-electron chi connectivity index (χ1n) is 5.71. The Labute approximate surface area is 111 Å². The Bertz CT molecular complexity index is 584. The lowest BCUT2D eigenvalue weighted by atomic mass is 10.2. The van der Waals surface area contributed by atoms with Crippen LogP contribution in [0.2, 0.25) is 0 Å². The Morgan fingerprint density at radius 2 is 2.11 bits per heavy atom. The molecule has 0 aliphatic carbocycles. The summed E-state index contributed by atoms with van der Waals surface area (Å²) < 4.78 is 7.22. The van der Waals surface area contributed by atoms with Crippen LogP contribution in [0.4, 0.5) is 0 Å². The molecule has 4 nitrogen and oxygen atoms in total. The van der Waals surface area contributed by atoms with Crippen LogP contribution in [0.5, 0.6) is 0 Å². The Morgan fingerprint density at radius 1 is 1.39 bits per heavy atom. The van der Waals surface area contributed by atoms with E-state index in [2.05, 4.69) is 5.16 Å². The fourth-order valence-electron chi connectivity index (χ4n) is 2.05. The van der Waals surface area contributed by atoms with Crippen molar-refractivity contribution >= 4 is 17.4 Å². The number of nitrogens with zero attached hydrogens (tertiary/aromatic N) is 2. The summed E-state index contributed by atoms with van der Waals surface area (Å²) in [4.78, 5) is 11.7. The topological polar surface area (TPSA) is 48.0 Å². The van der Waals surface area contributed by atoms with E-state index in [1.54, 1.807) is 0 Å². The lowest BCUT2D eigenvalue weighted by Gasteiger charge is -2.06. The first-order chi connectivity index (χ1) is 8.52. The van der Waals surface area contributed by atoms with Crippen LogP contribution >= 0.6 is 11.6 Å². The maximum absolute atomic E-state index is 11.7. The van der Waals surface area contributed by atoms with Crippen LogP contribution in [0.25, 0.3) is 0 Å². The van der Waals surface area contributed by atoms with Crippen LogP contribution < -0.4 is 0 Å². The molecule has 2 rings (SSSR count). The van der Waals surface area contributed by atoms with Crippen LogP contribution in [0.15, 0.2) is 16.7 Å². The van der Waals surface area contributed by atoms with E-state index in [1.807, 2.05) is 37.5 Å². The average molecular weight is 267 g/mol. The Morgan fingerprint density at radius 3 is 2.67 bits per heavy atom. The molecule has 0 aliphatic rings. The molecule has 5 heteroatoms. The maximum atomic E-state index is 11.7. The number of Topliss-reactive ketones (excluding diaryl/α,β-unsaturated/α-hetero) is 1. The first-order valence-corrected chi connectivity index (χ1v) is 6.24. The molecule has 0 radical (unpaired) electrons. The molecule has 2 aromatic rings. The number of aryl methyl sites for hydroxylation is 2. The molecular formula is C13H15ClN2O2. The summed E-state index contributed by atoms with van der Waals surface area (Å²) in [6.07, 6.45) is 0. The molecule has 96 valence electrons. The molecule has 0 bridgehead atoms. The summed E-state index contributed by atoms with van der Waals surface area (Å²) in [6.45, 7) is 6.33. The quantitative estimate of drug-likeness (QED) is 0.631. The van der Waals surface area contributed by atoms with Crippen molar-refractivity contribution in [3.8, 4) is 0 Å². The molecule has 0 aromatic carbocycles. The van der Waals surface area contributed by atoms with Gasteiger partial charge in [0.2, 0.25) is 0 Å². The van der Waals surface area contributed by atoms with E-state index in [-0.39, 0.29) is 11.7 Å². The van der Waals surface area contributed by atoms with Gasteiger partial charge in [0, 0.05) is 23.0 Å². The third kappa shape index (κ3) is 2.34. The predicted molar refractivity (Wildman–Crippen MR) is 69.3 cm³/mol. The molecule has 0 unspecified atom stereocenters. The van der Waals surface area contributed by atoms with Gasteiger partial charge in [-0.1, -0.05) is 5.16 Å². The standard InChI is InChI=1S/C13H15ClN2O2/c1-8-4-11(18-15-8)7-16-9(2)5-12(10(16)3)13(17)6-14/h4-5H,6-7H2,1-3H3. The number of hydrogen-bond acceptors (Lipinski definition) is 3. The Hall–Kier alpha value is -1.55. The summed E-state index contributed by atoms with van der Waals surface area (Å²) in [5.41, 5.74) is 3.45. The van der Waals surface area contributed by atoms with E-state index in [0.717, 1.165) is 22.8 Å². The molecule has 0 spiro atoms. The third-order valence-corrected chi connectivity index (χ3v) is 3.23. The normalized spacial score (nSPS) is 10.9. The maximum Gasteiger partial charge on any atom is 0.179 e.